The van der Waals surface area contributed by atoms with Crippen molar-refractivity contribution < 1.29 is 29.2 Å². The van der Waals surface area contributed by atoms with Gasteiger partial charge in [0.15, 0.2) is 0 Å². The van der Waals surface area contributed by atoms with Crippen molar-refractivity contribution in [3.63, 3.8) is 0 Å². The molecule has 0 unspecified atom stereocenters. The summed E-state index contributed by atoms with van der Waals surface area (Å²) >= 11 is 0. The molecule has 2 N–H and O–H groups in total. The minimum atomic E-state index is -1.05. The number of hydrogen-bond acceptors (Lipinski definition) is 6. The van der Waals surface area contributed by atoms with Crippen molar-refractivity contribution in [3.05, 3.63) is 0 Å². The van der Waals surface area contributed by atoms with Gasteiger partial charge in [0.25, 0.3) is 0 Å². The molecule has 0 aromatic carbocycles. The summed E-state index contributed by atoms with van der Waals surface area (Å²) in [6, 6.07) is -0.0407. The van der Waals surface area contributed by atoms with E-state index in [1.165, 1.54) is 0 Å². The molecule has 0 aromatic heterocycles. The Labute approximate surface area is 155 Å². The first-order valence-corrected chi connectivity index (χ1v) is 9.47. The largest absolute Gasteiger partial charge is 0.444 e. The SMILES string of the molecule is CC(C)(C)OC(=O)NC1CCC(O)(COOC(=O)N2CCCCC2)CC1. The van der Waals surface area contributed by atoms with Crippen LogP contribution in [0.2, 0.25) is 0 Å². The number of nitrogens with one attached hydrogen (secondary N) is 1. The fourth-order valence-corrected chi connectivity index (χ4v) is 3.24. The molecule has 0 spiro atoms. The average molecular weight is 372 g/mol. The number of carbonyl (C=O) groups excluding carboxylic acids is 2. The number of rotatable bonds is 4. The van der Waals surface area contributed by atoms with Crippen LogP contribution in [0.4, 0.5) is 9.59 Å². The van der Waals surface area contributed by atoms with Crippen LogP contribution in [-0.4, -0.2) is 59.1 Å². The molecular formula is C18H32N2O6. The summed E-state index contributed by atoms with van der Waals surface area (Å²) in [4.78, 5) is 35.1. The third-order valence-corrected chi connectivity index (χ3v) is 4.71. The van der Waals surface area contributed by atoms with Crippen molar-refractivity contribution in [2.24, 2.45) is 0 Å². The molecule has 1 saturated carbocycles. The van der Waals surface area contributed by atoms with Crippen molar-refractivity contribution in [3.8, 4) is 0 Å². The van der Waals surface area contributed by atoms with E-state index in [1.807, 2.05) is 20.8 Å². The van der Waals surface area contributed by atoms with Gasteiger partial charge in [0, 0.05) is 19.1 Å². The molecule has 0 atom stereocenters. The molecule has 8 nitrogen and oxygen atoms in total. The van der Waals surface area contributed by atoms with E-state index < -0.39 is 23.4 Å². The first-order chi connectivity index (χ1) is 12.2. The van der Waals surface area contributed by atoms with Gasteiger partial charge in [-0.1, -0.05) is 0 Å². The highest BCUT2D eigenvalue weighted by molar-refractivity contribution is 5.68. The van der Waals surface area contributed by atoms with Crippen molar-refractivity contribution >= 4 is 12.2 Å². The second-order valence-corrected chi connectivity index (χ2v) is 8.30. The molecular weight excluding hydrogens is 340 g/mol. The Kier molecular flexibility index (Phi) is 7.11. The Hall–Kier alpha value is -1.54. The fourth-order valence-electron chi connectivity index (χ4n) is 3.24. The van der Waals surface area contributed by atoms with Crippen LogP contribution in [0.1, 0.15) is 65.7 Å². The van der Waals surface area contributed by atoms with Crippen molar-refractivity contribution in [2.45, 2.75) is 83.0 Å². The molecule has 0 aromatic rings. The highest BCUT2D eigenvalue weighted by Gasteiger charge is 2.35. The van der Waals surface area contributed by atoms with Crippen LogP contribution in [0.25, 0.3) is 0 Å². The molecule has 0 radical (unpaired) electrons. The molecule has 1 saturated heterocycles. The Morgan fingerprint density at radius 1 is 1.15 bits per heavy atom. The molecule has 1 heterocycles. The summed E-state index contributed by atoms with van der Waals surface area (Å²) < 4.78 is 5.24. The second-order valence-electron chi connectivity index (χ2n) is 8.30. The Balaban J connectivity index is 1.65. The zero-order valence-corrected chi connectivity index (χ0v) is 16.1. The molecule has 1 aliphatic carbocycles. The maximum atomic E-state index is 11.9. The molecule has 2 aliphatic rings. The van der Waals surface area contributed by atoms with Gasteiger partial charge in [-0.05, 0) is 65.7 Å². The number of piperidine rings is 1. The van der Waals surface area contributed by atoms with Crippen LogP contribution in [0.15, 0.2) is 0 Å². The van der Waals surface area contributed by atoms with Gasteiger partial charge in [0.05, 0.1) is 5.60 Å². The van der Waals surface area contributed by atoms with Gasteiger partial charge in [-0.3, -0.25) is 4.89 Å². The quantitative estimate of drug-likeness (QED) is 0.582. The van der Waals surface area contributed by atoms with E-state index >= 15 is 0 Å². The number of likely N-dealkylation sites (tertiary alicyclic amines) is 1. The number of aliphatic hydroxyl groups is 1. The van der Waals surface area contributed by atoms with Gasteiger partial charge in [-0.2, -0.15) is 4.89 Å². The van der Waals surface area contributed by atoms with E-state index in [4.69, 9.17) is 14.5 Å². The molecule has 26 heavy (non-hydrogen) atoms. The molecule has 2 rings (SSSR count). The summed E-state index contributed by atoms with van der Waals surface area (Å²) in [6.07, 6.45) is 4.27. The standard InChI is InChI=1S/C18H32N2O6/c1-17(2,3)25-15(21)19-14-7-9-18(23,10-8-14)13-24-26-16(22)20-11-5-4-6-12-20/h14,23H,4-13H2,1-3H3,(H,19,21). The number of amides is 2. The van der Waals surface area contributed by atoms with Crippen LogP contribution < -0.4 is 5.32 Å². The third-order valence-electron chi connectivity index (χ3n) is 4.71. The average Bonchev–Trinajstić information content (AvgIpc) is 2.56. The Morgan fingerprint density at radius 3 is 2.35 bits per heavy atom. The molecule has 2 amide bonds. The van der Waals surface area contributed by atoms with Crippen LogP contribution in [0.5, 0.6) is 0 Å². The summed E-state index contributed by atoms with van der Waals surface area (Å²) in [7, 11) is 0. The first-order valence-electron chi connectivity index (χ1n) is 9.47. The third kappa shape index (κ3) is 6.99. The predicted molar refractivity (Wildman–Crippen MR) is 94.4 cm³/mol. The molecule has 2 fully saturated rings. The summed E-state index contributed by atoms with van der Waals surface area (Å²) in [5.41, 5.74) is -1.58. The zero-order valence-electron chi connectivity index (χ0n) is 16.1. The minimum Gasteiger partial charge on any atom is -0.444 e. The topological polar surface area (TPSA) is 97.3 Å². The molecule has 8 heteroatoms. The zero-order chi connectivity index (χ0) is 19.2. The highest BCUT2D eigenvalue weighted by Crippen LogP contribution is 2.29. The predicted octanol–water partition coefficient (Wildman–Crippen LogP) is 2.74. The van der Waals surface area contributed by atoms with E-state index in [2.05, 4.69) is 5.32 Å². The van der Waals surface area contributed by atoms with E-state index in [9.17, 15) is 14.7 Å². The number of ether oxygens (including phenoxy) is 1. The van der Waals surface area contributed by atoms with Gasteiger partial charge in [0.2, 0.25) is 0 Å². The van der Waals surface area contributed by atoms with Gasteiger partial charge >= 0.3 is 12.2 Å². The lowest BCUT2D eigenvalue weighted by atomic mass is 9.83. The lowest BCUT2D eigenvalue weighted by molar-refractivity contribution is -0.277. The summed E-state index contributed by atoms with van der Waals surface area (Å²) in [5.74, 6) is 0. The fraction of sp³-hybridized carbons (Fsp3) is 0.889. The summed E-state index contributed by atoms with van der Waals surface area (Å²) in [5, 5.41) is 13.4. The van der Waals surface area contributed by atoms with Crippen LogP contribution >= 0.6 is 0 Å². The van der Waals surface area contributed by atoms with Crippen LogP contribution in [0.3, 0.4) is 0 Å². The van der Waals surface area contributed by atoms with E-state index in [1.54, 1.807) is 4.90 Å². The number of carbonyl (C=O) groups is 2. The normalized spacial score (nSPS) is 26.9. The smallest absolute Gasteiger partial charge is 0.441 e. The Bertz CT molecular complexity index is 477. The number of alkyl carbamates (subject to hydrolysis) is 1. The van der Waals surface area contributed by atoms with Crippen LogP contribution in [-0.2, 0) is 14.5 Å². The van der Waals surface area contributed by atoms with Gasteiger partial charge < -0.3 is 20.1 Å². The number of nitrogens with zero attached hydrogens (tertiary/aromatic N) is 1. The molecule has 150 valence electrons. The monoisotopic (exact) mass is 372 g/mol. The Morgan fingerprint density at radius 2 is 1.77 bits per heavy atom. The van der Waals surface area contributed by atoms with Crippen LogP contribution in [0, 0.1) is 0 Å². The van der Waals surface area contributed by atoms with Crippen molar-refractivity contribution in [1.29, 1.82) is 0 Å². The minimum absolute atomic E-state index is 0.0407. The lowest BCUT2D eigenvalue weighted by Crippen LogP contribution is -2.47. The van der Waals surface area contributed by atoms with E-state index in [0.717, 1.165) is 19.3 Å². The first kappa shape index (κ1) is 20.8. The second kappa shape index (κ2) is 8.90. The maximum absolute atomic E-state index is 11.9. The van der Waals surface area contributed by atoms with E-state index in [-0.39, 0.29) is 12.6 Å². The molecule has 0 bridgehead atoms. The molecule has 1 aliphatic heterocycles. The van der Waals surface area contributed by atoms with Crippen molar-refractivity contribution in [2.75, 3.05) is 19.7 Å². The lowest BCUT2D eigenvalue weighted by Gasteiger charge is -2.35. The highest BCUT2D eigenvalue weighted by atomic mass is 17.2. The van der Waals surface area contributed by atoms with Crippen molar-refractivity contribution in [1.82, 2.24) is 10.2 Å². The van der Waals surface area contributed by atoms with Gasteiger partial charge in [-0.25, -0.2) is 9.59 Å². The number of hydrogen-bond donors (Lipinski definition) is 2. The van der Waals surface area contributed by atoms with Gasteiger partial charge in [-0.15, -0.1) is 0 Å². The van der Waals surface area contributed by atoms with E-state index in [0.29, 0.717) is 38.8 Å². The maximum Gasteiger partial charge on any atom is 0.441 e. The summed E-state index contributed by atoms with van der Waals surface area (Å²) in [6.45, 7) is 6.75. The van der Waals surface area contributed by atoms with Gasteiger partial charge in [0.1, 0.15) is 12.2 Å².